The molecule has 1 saturated carbocycles. The topological polar surface area (TPSA) is 85.9 Å². The van der Waals surface area contributed by atoms with Gasteiger partial charge in [-0.15, -0.1) is 0 Å². The Hall–Kier alpha value is -2.33. The number of hydrogen-bond acceptors (Lipinski definition) is 5. The minimum atomic E-state index is -4.51. The average molecular weight is 414 g/mol. The van der Waals surface area contributed by atoms with Crippen molar-refractivity contribution in [2.45, 2.75) is 49.8 Å². The second-order valence-corrected chi connectivity index (χ2v) is 7.49. The maximum atomic E-state index is 12.8. The highest BCUT2D eigenvalue weighted by Gasteiger charge is 2.50. The monoisotopic (exact) mass is 414 g/mol. The Morgan fingerprint density at radius 2 is 1.86 bits per heavy atom. The van der Waals surface area contributed by atoms with Crippen LogP contribution < -0.4 is 10.6 Å². The Kier molecular flexibility index (Phi) is 5.39. The molecule has 0 spiro atoms. The van der Waals surface area contributed by atoms with Crippen LogP contribution in [0.1, 0.15) is 24.8 Å². The van der Waals surface area contributed by atoms with E-state index in [9.17, 15) is 22.8 Å². The predicted molar refractivity (Wildman–Crippen MR) is 94.1 cm³/mol. The molecule has 10 heteroatoms. The standard InChI is InChI=1S/C19H21F3N2O5/c20-19(21,22)11-5-2-6-12(7-11)23-18(26)29-14-9-28-15-13(8-27-16(14)15)24-17(25)10-3-1-4-10/h2,5-7,10,13-16H,1,3-4,8-9H2,(H,23,26)(H,24,25). The molecule has 1 aromatic rings. The van der Waals surface area contributed by atoms with Gasteiger partial charge >= 0.3 is 12.3 Å². The molecule has 1 aliphatic carbocycles. The SMILES string of the molecule is O=C(Nc1cccc(C(F)(F)F)c1)OC1COC2C(NC(=O)C3CCC3)COC12. The second kappa shape index (κ2) is 7.83. The molecule has 3 fully saturated rings. The number of nitrogens with one attached hydrogen (secondary N) is 2. The summed E-state index contributed by atoms with van der Waals surface area (Å²) >= 11 is 0. The third-order valence-corrected chi connectivity index (χ3v) is 5.51. The zero-order chi connectivity index (χ0) is 20.6. The molecule has 7 nitrogen and oxygen atoms in total. The molecule has 2 saturated heterocycles. The van der Waals surface area contributed by atoms with E-state index in [0.29, 0.717) is 0 Å². The van der Waals surface area contributed by atoms with Gasteiger partial charge in [-0.3, -0.25) is 10.1 Å². The van der Waals surface area contributed by atoms with Crippen molar-refractivity contribution in [1.29, 1.82) is 0 Å². The van der Waals surface area contributed by atoms with Gasteiger partial charge in [-0.2, -0.15) is 13.2 Å². The van der Waals surface area contributed by atoms with E-state index in [1.54, 1.807) is 0 Å². The van der Waals surface area contributed by atoms with Crippen molar-refractivity contribution in [1.82, 2.24) is 5.32 Å². The summed E-state index contributed by atoms with van der Waals surface area (Å²) in [7, 11) is 0. The fourth-order valence-corrected chi connectivity index (χ4v) is 3.72. The van der Waals surface area contributed by atoms with Gasteiger partial charge in [0, 0.05) is 11.6 Å². The molecule has 4 unspecified atom stereocenters. The van der Waals surface area contributed by atoms with Gasteiger partial charge in [0.15, 0.2) is 6.10 Å². The molecule has 0 aromatic heterocycles. The molecule has 4 atom stereocenters. The zero-order valence-corrected chi connectivity index (χ0v) is 15.4. The quantitative estimate of drug-likeness (QED) is 0.791. The average Bonchev–Trinajstić information content (AvgIpc) is 3.16. The Bertz CT molecular complexity index is 783. The van der Waals surface area contributed by atoms with Crippen LogP contribution in [0, 0.1) is 5.92 Å². The van der Waals surface area contributed by atoms with Crippen LogP contribution in [0.25, 0.3) is 0 Å². The minimum absolute atomic E-state index is 0.0132. The fraction of sp³-hybridized carbons (Fsp3) is 0.579. The van der Waals surface area contributed by atoms with Gasteiger partial charge in [-0.25, -0.2) is 4.79 Å². The number of alkyl halides is 3. The van der Waals surface area contributed by atoms with Crippen LogP contribution in [0.5, 0.6) is 0 Å². The molecule has 2 aliphatic heterocycles. The Balaban J connectivity index is 1.30. The van der Waals surface area contributed by atoms with Crippen molar-refractivity contribution in [3.05, 3.63) is 29.8 Å². The molecule has 1 aromatic carbocycles. The molecular weight excluding hydrogens is 393 g/mol. The number of rotatable bonds is 4. The lowest BCUT2D eigenvalue weighted by atomic mass is 9.84. The number of hydrogen-bond donors (Lipinski definition) is 2. The molecule has 2 heterocycles. The molecule has 2 amide bonds. The summed E-state index contributed by atoms with van der Waals surface area (Å²) < 4.78 is 54.9. The van der Waals surface area contributed by atoms with E-state index < -0.39 is 36.1 Å². The van der Waals surface area contributed by atoms with Gasteiger partial charge in [-0.05, 0) is 31.0 Å². The van der Waals surface area contributed by atoms with Gasteiger partial charge in [0.05, 0.1) is 24.8 Å². The van der Waals surface area contributed by atoms with Crippen molar-refractivity contribution in [2.75, 3.05) is 18.5 Å². The third-order valence-electron chi connectivity index (χ3n) is 5.51. The number of halogens is 3. The van der Waals surface area contributed by atoms with Crippen LogP contribution in [-0.2, 0) is 25.2 Å². The van der Waals surface area contributed by atoms with Gasteiger partial charge in [0.25, 0.3) is 0 Å². The van der Waals surface area contributed by atoms with E-state index in [2.05, 4.69) is 10.6 Å². The number of carbonyl (C=O) groups excluding carboxylic acids is 2. The van der Waals surface area contributed by atoms with Crippen LogP contribution in [0.2, 0.25) is 0 Å². The maximum Gasteiger partial charge on any atom is 0.416 e. The number of anilines is 1. The van der Waals surface area contributed by atoms with E-state index in [0.717, 1.165) is 31.4 Å². The lowest BCUT2D eigenvalue weighted by Gasteiger charge is -2.27. The van der Waals surface area contributed by atoms with E-state index in [1.807, 2.05) is 0 Å². The fourth-order valence-electron chi connectivity index (χ4n) is 3.72. The normalized spacial score (nSPS) is 29.1. The molecule has 0 radical (unpaired) electrons. The largest absolute Gasteiger partial charge is 0.441 e. The first kappa shape index (κ1) is 20.0. The number of ether oxygens (including phenoxy) is 3. The summed E-state index contributed by atoms with van der Waals surface area (Å²) in [6.07, 6.45) is -4.26. The summed E-state index contributed by atoms with van der Waals surface area (Å²) in [5.41, 5.74) is -0.901. The first-order valence-corrected chi connectivity index (χ1v) is 9.50. The molecular formula is C19H21F3N2O5. The summed E-state index contributed by atoms with van der Waals surface area (Å²) in [6, 6.07) is 3.96. The van der Waals surface area contributed by atoms with Crippen LogP contribution >= 0.6 is 0 Å². The van der Waals surface area contributed by atoms with Gasteiger partial charge in [0.1, 0.15) is 12.2 Å². The lowest BCUT2D eigenvalue weighted by Crippen LogP contribution is -2.47. The molecule has 158 valence electrons. The van der Waals surface area contributed by atoms with Crippen LogP contribution in [0.15, 0.2) is 24.3 Å². The van der Waals surface area contributed by atoms with E-state index in [1.165, 1.54) is 12.1 Å². The summed E-state index contributed by atoms with van der Waals surface area (Å²) in [4.78, 5) is 24.3. The first-order valence-electron chi connectivity index (χ1n) is 9.50. The van der Waals surface area contributed by atoms with E-state index >= 15 is 0 Å². The van der Waals surface area contributed by atoms with Crippen molar-refractivity contribution in [3.63, 3.8) is 0 Å². The number of amides is 2. The minimum Gasteiger partial charge on any atom is -0.441 e. The van der Waals surface area contributed by atoms with Crippen LogP contribution in [-0.4, -0.2) is 49.6 Å². The number of fused-ring (bicyclic) bond motifs is 1. The summed E-state index contributed by atoms with van der Waals surface area (Å²) in [6.45, 7) is 0.337. The smallest absolute Gasteiger partial charge is 0.416 e. The number of carbonyl (C=O) groups is 2. The van der Waals surface area contributed by atoms with Crippen molar-refractivity contribution >= 4 is 17.7 Å². The molecule has 29 heavy (non-hydrogen) atoms. The molecule has 0 bridgehead atoms. The highest BCUT2D eigenvalue weighted by atomic mass is 19.4. The summed E-state index contributed by atoms with van der Waals surface area (Å²) in [5, 5.41) is 5.23. The summed E-state index contributed by atoms with van der Waals surface area (Å²) in [5.74, 6) is 0.0292. The highest BCUT2D eigenvalue weighted by molar-refractivity contribution is 5.85. The zero-order valence-electron chi connectivity index (χ0n) is 15.4. The van der Waals surface area contributed by atoms with Gasteiger partial charge < -0.3 is 19.5 Å². The Labute approximate surface area is 164 Å². The highest BCUT2D eigenvalue weighted by Crippen LogP contribution is 2.32. The molecule has 3 aliphatic rings. The molecule has 2 N–H and O–H groups in total. The third kappa shape index (κ3) is 4.32. The Morgan fingerprint density at radius 1 is 1.10 bits per heavy atom. The van der Waals surface area contributed by atoms with Crippen molar-refractivity contribution < 1.29 is 37.0 Å². The van der Waals surface area contributed by atoms with Crippen LogP contribution in [0.3, 0.4) is 0 Å². The Morgan fingerprint density at radius 3 is 2.55 bits per heavy atom. The second-order valence-electron chi connectivity index (χ2n) is 7.49. The maximum absolute atomic E-state index is 12.8. The van der Waals surface area contributed by atoms with Gasteiger partial charge in [0.2, 0.25) is 5.91 Å². The first-order chi connectivity index (χ1) is 13.8. The van der Waals surface area contributed by atoms with Crippen molar-refractivity contribution in [3.8, 4) is 0 Å². The van der Waals surface area contributed by atoms with E-state index in [-0.39, 0.29) is 36.8 Å². The number of benzene rings is 1. The molecule has 4 rings (SSSR count). The van der Waals surface area contributed by atoms with Crippen molar-refractivity contribution in [2.24, 2.45) is 5.92 Å². The van der Waals surface area contributed by atoms with Gasteiger partial charge in [-0.1, -0.05) is 12.5 Å². The van der Waals surface area contributed by atoms with Crippen LogP contribution in [0.4, 0.5) is 23.7 Å². The predicted octanol–water partition coefficient (Wildman–Crippen LogP) is 2.71. The van der Waals surface area contributed by atoms with E-state index in [4.69, 9.17) is 14.2 Å². The lowest BCUT2D eigenvalue weighted by molar-refractivity contribution is -0.137.